The van der Waals surface area contributed by atoms with Gasteiger partial charge in [0.25, 0.3) is 0 Å². The van der Waals surface area contributed by atoms with E-state index in [0.29, 0.717) is 12.1 Å². The van der Waals surface area contributed by atoms with Gasteiger partial charge >= 0.3 is 0 Å². The minimum Gasteiger partial charge on any atom is -0.376 e. The molecular weight excluding hydrogens is 150 g/mol. The first kappa shape index (κ1) is 8.52. The molecule has 3 atom stereocenters. The Hall–Kier alpha value is -0.0800. The molecule has 3 unspecified atom stereocenters. The fourth-order valence-electron chi connectivity index (χ4n) is 2.52. The van der Waals surface area contributed by atoms with Gasteiger partial charge in [-0.15, -0.1) is 0 Å². The van der Waals surface area contributed by atoms with Gasteiger partial charge < -0.3 is 4.74 Å². The van der Waals surface area contributed by atoms with E-state index in [1.165, 1.54) is 6.42 Å². The van der Waals surface area contributed by atoms with Crippen molar-refractivity contribution in [1.82, 2.24) is 4.90 Å². The third-order valence-electron chi connectivity index (χ3n) is 3.26. The Bertz CT molecular complexity index is 169. The van der Waals surface area contributed by atoms with E-state index in [-0.39, 0.29) is 0 Å². The highest BCUT2D eigenvalue weighted by Crippen LogP contribution is 2.32. The molecule has 2 bridgehead atoms. The number of rotatable bonds is 1. The number of ether oxygens (including phenoxy) is 1. The van der Waals surface area contributed by atoms with Crippen LogP contribution in [0.15, 0.2) is 0 Å². The molecule has 12 heavy (non-hydrogen) atoms. The van der Waals surface area contributed by atoms with E-state index in [4.69, 9.17) is 4.74 Å². The van der Waals surface area contributed by atoms with Gasteiger partial charge in [-0.2, -0.15) is 0 Å². The van der Waals surface area contributed by atoms with Crippen LogP contribution in [-0.4, -0.2) is 36.2 Å². The van der Waals surface area contributed by atoms with E-state index in [2.05, 4.69) is 25.7 Å². The number of likely N-dealkylation sites (tertiary alicyclic amines) is 1. The molecule has 2 aliphatic heterocycles. The van der Waals surface area contributed by atoms with Gasteiger partial charge in [0.15, 0.2) is 0 Å². The van der Waals surface area contributed by atoms with E-state index in [9.17, 15) is 0 Å². The summed E-state index contributed by atoms with van der Waals surface area (Å²) in [7, 11) is 0. The Labute approximate surface area is 74.9 Å². The Balaban J connectivity index is 2.09. The lowest BCUT2D eigenvalue weighted by atomic mass is 9.97. The molecule has 2 fully saturated rings. The van der Waals surface area contributed by atoms with Crippen LogP contribution in [0.4, 0.5) is 0 Å². The highest BCUT2D eigenvalue weighted by atomic mass is 16.5. The van der Waals surface area contributed by atoms with Crippen LogP contribution >= 0.6 is 0 Å². The van der Waals surface area contributed by atoms with Crippen LogP contribution in [0.5, 0.6) is 0 Å². The third kappa shape index (κ3) is 1.27. The molecule has 70 valence electrons. The molecule has 2 aliphatic rings. The summed E-state index contributed by atoms with van der Waals surface area (Å²) in [5.41, 5.74) is 0. The molecule has 2 nitrogen and oxygen atoms in total. The summed E-state index contributed by atoms with van der Waals surface area (Å²) < 4.78 is 5.72. The van der Waals surface area contributed by atoms with Crippen LogP contribution in [0.3, 0.4) is 0 Å². The molecule has 0 aromatic rings. The van der Waals surface area contributed by atoms with Gasteiger partial charge in [0.05, 0.1) is 12.7 Å². The molecule has 0 spiro atoms. The Morgan fingerprint density at radius 1 is 1.42 bits per heavy atom. The fourth-order valence-corrected chi connectivity index (χ4v) is 2.52. The Kier molecular flexibility index (Phi) is 2.13. The average molecular weight is 169 g/mol. The molecular formula is C10H19NO. The lowest BCUT2D eigenvalue weighted by molar-refractivity contribution is 0.0109. The zero-order valence-corrected chi connectivity index (χ0v) is 8.29. The molecule has 2 saturated heterocycles. The molecule has 0 aromatic carbocycles. The van der Waals surface area contributed by atoms with Crippen LogP contribution < -0.4 is 0 Å². The van der Waals surface area contributed by atoms with Crippen LogP contribution in [-0.2, 0) is 4.74 Å². The molecule has 0 radical (unpaired) electrons. The van der Waals surface area contributed by atoms with Crippen LogP contribution in [0.25, 0.3) is 0 Å². The van der Waals surface area contributed by atoms with Gasteiger partial charge in [-0.3, -0.25) is 4.90 Å². The highest BCUT2D eigenvalue weighted by Gasteiger charge is 2.40. The molecule has 2 heteroatoms. The minimum atomic E-state index is 0.536. The van der Waals surface area contributed by atoms with Crippen molar-refractivity contribution in [3.8, 4) is 0 Å². The third-order valence-corrected chi connectivity index (χ3v) is 3.26. The average Bonchev–Trinajstić information content (AvgIpc) is 2.37. The predicted octanol–water partition coefficient (Wildman–Crippen LogP) is 1.50. The van der Waals surface area contributed by atoms with E-state index >= 15 is 0 Å². The van der Waals surface area contributed by atoms with Crippen LogP contribution in [0, 0.1) is 5.92 Å². The monoisotopic (exact) mass is 169 g/mol. The lowest BCUT2D eigenvalue weighted by Gasteiger charge is -2.32. The first-order chi connectivity index (χ1) is 5.68. The molecule has 0 amide bonds. The molecule has 0 aromatic heterocycles. The number of hydrogen-bond donors (Lipinski definition) is 0. The van der Waals surface area contributed by atoms with E-state index in [1.54, 1.807) is 0 Å². The van der Waals surface area contributed by atoms with Crippen molar-refractivity contribution in [2.45, 2.75) is 45.4 Å². The zero-order valence-electron chi connectivity index (χ0n) is 8.29. The molecule has 0 saturated carbocycles. The highest BCUT2D eigenvalue weighted by molar-refractivity contribution is 4.93. The summed E-state index contributed by atoms with van der Waals surface area (Å²) >= 11 is 0. The summed E-state index contributed by atoms with van der Waals surface area (Å²) in [5.74, 6) is 0.728. The first-order valence-electron chi connectivity index (χ1n) is 5.06. The topological polar surface area (TPSA) is 12.5 Å². The second-order valence-corrected chi connectivity index (χ2v) is 4.53. The molecule has 0 N–H and O–H groups in total. The molecule has 2 rings (SSSR count). The van der Waals surface area contributed by atoms with Crippen molar-refractivity contribution >= 4 is 0 Å². The van der Waals surface area contributed by atoms with Gasteiger partial charge in [0.1, 0.15) is 0 Å². The maximum absolute atomic E-state index is 5.72. The number of fused-ring (bicyclic) bond motifs is 2. The number of hydrogen-bond acceptors (Lipinski definition) is 2. The van der Waals surface area contributed by atoms with E-state index in [1.807, 2.05) is 0 Å². The molecule has 2 heterocycles. The normalized spacial score (nSPS) is 42.5. The van der Waals surface area contributed by atoms with E-state index in [0.717, 1.165) is 25.1 Å². The van der Waals surface area contributed by atoms with Gasteiger partial charge in [-0.25, -0.2) is 0 Å². The van der Waals surface area contributed by atoms with Gasteiger partial charge in [-0.1, -0.05) is 6.92 Å². The standard InChI is InChI=1S/C10H19NO/c1-7(2)11-5-9-4-10(11)8(3)6-12-9/h7-10H,4-6H2,1-3H3. The summed E-state index contributed by atoms with van der Waals surface area (Å²) in [6.07, 6.45) is 1.80. The first-order valence-corrected chi connectivity index (χ1v) is 5.06. The summed E-state index contributed by atoms with van der Waals surface area (Å²) in [6.45, 7) is 9.01. The van der Waals surface area contributed by atoms with Crippen molar-refractivity contribution in [2.75, 3.05) is 13.2 Å². The summed E-state index contributed by atoms with van der Waals surface area (Å²) in [4.78, 5) is 2.60. The minimum absolute atomic E-state index is 0.536. The maximum Gasteiger partial charge on any atom is 0.0717 e. The van der Waals surface area contributed by atoms with Crippen LogP contribution in [0.1, 0.15) is 27.2 Å². The lowest BCUT2D eigenvalue weighted by Crippen LogP contribution is -2.40. The quantitative estimate of drug-likeness (QED) is 0.590. The maximum atomic E-state index is 5.72. The Morgan fingerprint density at radius 2 is 2.17 bits per heavy atom. The summed E-state index contributed by atoms with van der Waals surface area (Å²) in [5, 5.41) is 0. The second-order valence-electron chi connectivity index (χ2n) is 4.53. The van der Waals surface area contributed by atoms with Crippen molar-refractivity contribution in [3.05, 3.63) is 0 Å². The van der Waals surface area contributed by atoms with Crippen molar-refractivity contribution < 1.29 is 4.74 Å². The largest absolute Gasteiger partial charge is 0.376 e. The van der Waals surface area contributed by atoms with Crippen molar-refractivity contribution in [3.63, 3.8) is 0 Å². The molecule has 0 aliphatic carbocycles. The zero-order chi connectivity index (χ0) is 8.72. The smallest absolute Gasteiger partial charge is 0.0717 e. The van der Waals surface area contributed by atoms with Crippen LogP contribution in [0.2, 0.25) is 0 Å². The Morgan fingerprint density at radius 3 is 2.83 bits per heavy atom. The van der Waals surface area contributed by atoms with Gasteiger partial charge in [-0.05, 0) is 26.2 Å². The fraction of sp³-hybridized carbons (Fsp3) is 1.00. The summed E-state index contributed by atoms with van der Waals surface area (Å²) in [6, 6.07) is 1.48. The van der Waals surface area contributed by atoms with Crippen molar-refractivity contribution in [1.29, 1.82) is 0 Å². The van der Waals surface area contributed by atoms with E-state index < -0.39 is 0 Å². The SMILES string of the molecule is CC1COC2CC1N(C(C)C)C2. The van der Waals surface area contributed by atoms with Gasteiger partial charge in [0.2, 0.25) is 0 Å². The van der Waals surface area contributed by atoms with Crippen molar-refractivity contribution in [2.24, 2.45) is 5.92 Å². The van der Waals surface area contributed by atoms with Gasteiger partial charge in [0, 0.05) is 18.6 Å². The number of nitrogens with zero attached hydrogens (tertiary/aromatic N) is 1. The predicted molar refractivity (Wildman–Crippen MR) is 49.2 cm³/mol. The second kappa shape index (κ2) is 3.00.